The fourth-order valence-electron chi connectivity index (χ4n) is 2.83. The minimum absolute atomic E-state index is 0.0330. The van der Waals surface area contributed by atoms with Gasteiger partial charge in [0.05, 0.1) is 11.8 Å². The summed E-state index contributed by atoms with van der Waals surface area (Å²) >= 11 is 0. The van der Waals surface area contributed by atoms with Gasteiger partial charge in [-0.05, 0) is 24.3 Å². The van der Waals surface area contributed by atoms with E-state index in [1.165, 1.54) is 49.6 Å². The maximum absolute atomic E-state index is 13.5. The van der Waals surface area contributed by atoms with Gasteiger partial charge in [-0.25, -0.2) is 23.2 Å². The highest BCUT2D eigenvalue weighted by molar-refractivity contribution is 7.92. The normalized spacial score (nSPS) is 11.7. The molecule has 2 heterocycles. The van der Waals surface area contributed by atoms with E-state index in [-0.39, 0.29) is 29.6 Å². The van der Waals surface area contributed by atoms with Crippen molar-refractivity contribution in [2.45, 2.75) is 12.7 Å². The van der Waals surface area contributed by atoms with Crippen LogP contribution in [0.15, 0.2) is 48.8 Å². The smallest absolute Gasteiger partial charge is 0.421 e. The molecule has 0 unspecified atom stereocenters. The molecular formula is C20H19F3N6O4S. The molecule has 0 aliphatic heterocycles. The van der Waals surface area contributed by atoms with Gasteiger partial charge in [0.2, 0.25) is 16.0 Å². The van der Waals surface area contributed by atoms with E-state index < -0.39 is 33.6 Å². The van der Waals surface area contributed by atoms with Crippen molar-refractivity contribution in [1.29, 1.82) is 0 Å². The lowest BCUT2D eigenvalue weighted by atomic mass is 10.2. The first-order valence-corrected chi connectivity index (χ1v) is 11.4. The number of aromatic nitrogens is 3. The molecule has 0 radical (unpaired) electrons. The van der Waals surface area contributed by atoms with Gasteiger partial charge in [-0.15, -0.1) is 0 Å². The Kier molecular flexibility index (Phi) is 6.91. The van der Waals surface area contributed by atoms with Crippen LogP contribution in [0.1, 0.15) is 21.5 Å². The predicted octanol–water partition coefficient (Wildman–Crippen LogP) is 3.34. The number of rotatable bonds is 8. The van der Waals surface area contributed by atoms with Crippen LogP contribution in [0.4, 0.5) is 36.4 Å². The molecule has 34 heavy (non-hydrogen) atoms. The number of benzene rings is 1. The number of carboxylic acid groups (broad SMARTS) is 1. The lowest BCUT2D eigenvalue weighted by Gasteiger charge is -2.20. The molecule has 14 heteroatoms. The molecule has 3 rings (SSSR count). The molecule has 1 aromatic carbocycles. The zero-order valence-corrected chi connectivity index (χ0v) is 18.6. The molecule has 0 saturated carbocycles. The second-order valence-corrected chi connectivity index (χ2v) is 9.05. The molecule has 0 saturated heterocycles. The number of nitrogens with one attached hydrogen (secondary N) is 2. The van der Waals surface area contributed by atoms with E-state index in [1.807, 2.05) is 0 Å². The van der Waals surface area contributed by atoms with Crippen molar-refractivity contribution in [2.75, 3.05) is 28.2 Å². The first-order valence-electron chi connectivity index (χ1n) is 9.52. The van der Waals surface area contributed by atoms with Gasteiger partial charge >= 0.3 is 12.1 Å². The molecule has 3 aromatic rings. The van der Waals surface area contributed by atoms with Gasteiger partial charge in [-0.2, -0.15) is 18.2 Å². The topological polar surface area (TPSA) is 137 Å². The summed E-state index contributed by atoms with van der Waals surface area (Å²) in [6, 6.07) is 8.62. The Bertz CT molecular complexity index is 1320. The summed E-state index contributed by atoms with van der Waals surface area (Å²) in [6.45, 7) is -0.225. The van der Waals surface area contributed by atoms with E-state index >= 15 is 0 Å². The van der Waals surface area contributed by atoms with Crippen LogP contribution in [-0.4, -0.2) is 47.7 Å². The van der Waals surface area contributed by atoms with Crippen molar-refractivity contribution < 1.29 is 31.5 Å². The molecule has 0 aliphatic rings. The van der Waals surface area contributed by atoms with E-state index in [0.717, 1.165) is 10.6 Å². The first kappa shape index (κ1) is 24.7. The molecule has 0 atom stereocenters. The van der Waals surface area contributed by atoms with Crippen LogP contribution in [0, 0.1) is 0 Å². The number of halogens is 3. The highest BCUT2D eigenvalue weighted by atomic mass is 32.2. The summed E-state index contributed by atoms with van der Waals surface area (Å²) in [5.74, 6) is -1.90. The van der Waals surface area contributed by atoms with Gasteiger partial charge in [0.25, 0.3) is 0 Å². The number of carboxylic acids is 1. The van der Waals surface area contributed by atoms with Crippen molar-refractivity contribution in [3.05, 3.63) is 65.5 Å². The molecule has 0 amide bonds. The minimum Gasteiger partial charge on any atom is -0.478 e. The Morgan fingerprint density at radius 3 is 2.56 bits per heavy atom. The van der Waals surface area contributed by atoms with Crippen molar-refractivity contribution in [3.63, 3.8) is 0 Å². The standard InChI is InChI=1S/C20H19F3N6O4S/c1-29(34(2,32)33)17-13(6-4-8-24-17)10-25-16-15(20(21,22)23)11-26-19(28-16)27-14-7-3-5-12(9-14)18(30)31/h3-9,11H,10H2,1-2H3,(H,30,31)(H2,25,26,27,28). The molecule has 180 valence electrons. The molecule has 2 aromatic heterocycles. The van der Waals surface area contributed by atoms with E-state index in [4.69, 9.17) is 5.11 Å². The maximum Gasteiger partial charge on any atom is 0.421 e. The number of sulfonamides is 1. The maximum atomic E-state index is 13.5. The average molecular weight is 496 g/mol. The molecule has 0 spiro atoms. The van der Waals surface area contributed by atoms with Gasteiger partial charge in [0.1, 0.15) is 17.2 Å². The van der Waals surface area contributed by atoms with Gasteiger partial charge in [-0.3, -0.25) is 4.31 Å². The quantitative estimate of drug-likeness (QED) is 0.429. The average Bonchev–Trinajstić information content (AvgIpc) is 2.76. The van der Waals surface area contributed by atoms with E-state index in [1.54, 1.807) is 0 Å². The Labute approximate surface area is 192 Å². The molecule has 0 aliphatic carbocycles. The lowest BCUT2D eigenvalue weighted by molar-refractivity contribution is -0.137. The monoisotopic (exact) mass is 496 g/mol. The molecule has 0 bridgehead atoms. The summed E-state index contributed by atoms with van der Waals surface area (Å²) in [7, 11) is -2.38. The van der Waals surface area contributed by atoms with E-state index in [0.29, 0.717) is 11.8 Å². The number of hydrogen-bond acceptors (Lipinski definition) is 8. The van der Waals surface area contributed by atoms with Crippen molar-refractivity contribution in [3.8, 4) is 0 Å². The Morgan fingerprint density at radius 2 is 1.91 bits per heavy atom. The van der Waals surface area contributed by atoms with Crippen molar-refractivity contribution in [1.82, 2.24) is 15.0 Å². The summed E-state index contributed by atoms with van der Waals surface area (Å²) in [5.41, 5.74) is -0.602. The van der Waals surface area contributed by atoms with Crippen LogP contribution in [0.3, 0.4) is 0 Å². The van der Waals surface area contributed by atoms with Crippen LogP contribution >= 0.6 is 0 Å². The van der Waals surface area contributed by atoms with Crippen molar-refractivity contribution in [2.24, 2.45) is 0 Å². The lowest BCUT2D eigenvalue weighted by Crippen LogP contribution is -2.27. The first-order chi connectivity index (χ1) is 15.9. The zero-order valence-electron chi connectivity index (χ0n) is 17.8. The Hall–Kier alpha value is -3.94. The van der Waals surface area contributed by atoms with Crippen LogP contribution in [-0.2, 0) is 22.7 Å². The predicted molar refractivity (Wildman–Crippen MR) is 119 cm³/mol. The number of nitrogens with zero attached hydrogens (tertiary/aromatic N) is 4. The molecule has 0 fully saturated rings. The summed E-state index contributed by atoms with van der Waals surface area (Å²) < 4.78 is 65.3. The van der Waals surface area contributed by atoms with Crippen molar-refractivity contribution >= 4 is 39.3 Å². The van der Waals surface area contributed by atoms with Crippen LogP contribution in [0.5, 0.6) is 0 Å². The second kappa shape index (κ2) is 9.51. The third kappa shape index (κ3) is 5.89. The van der Waals surface area contributed by atoms with Crippen LogP contribution in [0.2, 0.25) is 0 Å². The fourth-order valence-corrected chi connectivity index (χ4v) is 3.31. The van der Waals surface area contributed by atoms with Crippen LogP contribution in [0.25, 0.3) is 0 Å². The van der Waals surface area contributed by atoms with Gasteiger partial charge in [0, 0.05) is 37.2 Å². The minimum atomic E-state index is -4.77. The number of aromatic carboxylic acids is 1. The molecular weight excluding hydrogens is 477 g/mol. The Balaban J connectivity index is 1.92. The SMILES string of the molecule is CN(c1ncccc1CNc1nc(Nc2cccc(C(=O)O)c2)ncc1C(F)(F)F)S(C)(=O)=O. The highest BCUT2D eigenvalue weighted by Crippen LogP contribution is 2.34. The second-order valence-electron chi connectivity index (χ2n) is 7.03. The van der Waals surface area contributed by atoms with Gasteiger partial charge < -0.3 is 15.7 Å². The van der Waals surface area contributed by atoms with Gasteiger partial charge in [-0.1, -0.05) is 12.1 Å². The largest absolute Gasteiger partial charge is 0.478 e. The highest BCUT2D eigenvalue weighted by Gasteiger charge is 2.35. The number of hydrogen-bond donors (Lipinski definition) is 3. The summed E-state index contributed by atoms with van der Waals surface area (Å²) in [4.78, 5) is 22.7. The van der Waals surface area contributed by atoms with E-state index in [9.17, 15) is 26.4 Å². The molecule has 10 nitrogen and oxygen atoms in total. The number of alkyl halides is 3. The zero-order chi connectivity index (χ0) is 25.1. The third-order valence-corrected chi connectivity index (χ3v) is 5.74. The van der Waals surface area contributed by atoms with Gasteiger partial charge in [0.15, 0.2) is 0 Å². The number of pyridine rings is 1. The van der Waals surface area contributed by atoms with E-state index in [2.05, 4.69) is 25.6 Å². The molecule has 3 N–H and O–H groups in total. The number of anilines is 4. The summed E-state index contributed by atoms with van der Waals surface area (Å²) in [5, 5.41) is 14.3. The fraction of sp³-hybridized carbons (Fsp3) is 0.200. The number of carbonyl (C=O) groups is 1. The Morgan fingerprint density at radius 1 is 1.18 bits per heavy atom. The van der Waals surface area contributed by atoms with Crippen LogP contribution < -0.4 is 14.9 Å². The summed E-state index contributed by atoms with van der Waals surface area (Å²) in [6.07, 6.45) is -1.85. The third-order valence-electron chi connectivity index (χ3n) is 4.57.